The molecule has 434 valence electrons. The predicted molar refractivity (Wildman–Crippen MR) is 257 cm³/mol. The third-order valence-electron chi connectivity index (χ3n) is 21.0. The second kappa shape index (κ2) is 21.3. The SMILES string of the molecule is C[C@@H]1O[C@@H](O[C@H]2[C@H](O)[C@@H](O)[C@H](OC[C@H]3O[C@@H](OC(=O)C4CC(C)(C(=O)O)CC5C6=CCC7C8(C)CCC(O[C@@H]9OC[C@@H](O)[C@H](O)[C@H]9O)C(C)(C)C8CCC7(C)C6(C)CCC45)[C@H](O)[C@@H](O)[C@@H]3O)O[C@@H]2CO)[C@H](O)[C@H](O)[C@H]1O. The minimum atomic E-state index is -1.96. The second-order valence-electron chi connectivity index (χ2n) is 25.5. The molecule has 0 aromatic rings. The van der Waals surface area contributed by atoms with E-state index in [1.807, 2.05) is 0 Å². The number of allylic oxidation sites excluding steroid dienone is 2. The van der Waals surface area contributed by atoms with Crippen LogP contribution in [0.3, 0.4) is 0 Å². The quantitative estimate of drug-likeness (QED) is 0.0640. The zero-order chi connectivity index (χ0) is 55.5. The molecule has 0 spiro atoms. The molecule has 0 amide bonds. The fraction of sp³-hybridized carbons (Fsp3) is 0.925. The molecular formula is C53H84O23. The highest BCUT2D eigenvalue weighted by atomic mass is 16.8. The largest absolute Gasteiger partial charge is 0.481 e. The molecule has 10 unspecified atom stereocenters. The van der Waals surface area contributed by atoms with Crippen molar-refractivity contribution >= 4 is 11.9 Å². The monoisotopic (exact) mass is 1090 g/mol. The topological polar surface area (TPSA) is 371 Å². The number of aliphatic carboxylic acids is 1. The van der Waals surface area contributed by atoms with Crippen LogP contribution in [0, 0.1) is 56.7 Å². The molecule has 23 heteroatoms. The molecule has 8 fully saturated rings. The lowest BCUT2D eigenvalue weighted by molar-refractivity contribution is -0.361. The van der Waals surface area contributed by atoms with Crippen molar-refractivity contribution in [3.63, 3.8) is 0 Å². The Kier molecular flexibility index (Phi) is 16.5. The molecule has 4 aliphatic heterocycles. The van der Waals surface area contributed by atoms with Crippen molar-refractivity contribution in [2.75, 3.05) is 19.8 Å². The van der Waals surface area contributed by atoms with Crippen LogP contribution in [0.2, 0.25) is 0 Å². The molecular weight excluding hydrogens is 1000 g/mol. The first-order chi connectivity index (χ1) is 35.5. The van der Waals surface area contributed by atoms with E-state index in [0.29, 0.717) is 19.3 Å². The van der Waals surface area contributed by atoms with Gasteiger partial charge in [0.05, 0.1) is 43.4 Å². The highest BCUT2D eigenvalue weighted by molar-refractivity contribution is 5.78. The number of hydrogen-bond acceptors (Lipinski definition) is 22. The number of ether oxygens (including phenoxy) is 8. The summed E-state index contributed by atoms with van der Waals surface area (Å²) >= 11 is 0. The smallest absolute Gasteiger partial charge is 0.311 e. The van der Waals surface area contributed by atoms with Gasteiger partial charge in [0.15, 0.2) is 18.9 Å². The molecule has 29 atom stereocenters. The highest BCUT2D eigenvalue weighted by Gasteiger charge is 2.69. The van der Waals surface area contributed by atoms with Crippen molar-refractivity contribution in [2.24, 2.45) is 56.7 Å². The molecule has 4 heterocycles. The van der Waals surface area contributed by atoms with Crippen LogP contribution < -0.4 is 0 Å². The van der Waals surface area contributed by atoms with E-state index in [-0.39, 0.29) is 70.9 Å². The minimum absolute atomic E-state index is 0.0728. The van der Waals surface area contributed by atoms with Crippen molar-refractivity contribution in [1.29, 1.82) is 0 Å². The van der Waals surface area contributed by atoms with Crippen LogP contribution in [0.25, 0.3) is 0 Å². The first-order valence-corrected chi connectivity index (χ1v) is 27.3. The number of esters is 1. The Labute approximate surface area is 442 Å². The maximum atomic E-state index is 14.6. The fourth-order valence-electron chi connectivity index (χ4n) is 16.3. The van der Waals surface area contributed by atoms with Crippen LogP contribution in [0.1, 0.15) is 106 Å². The molecule has 76 heavy (non-hydrogen) atoms. The van der Waals surface area contributed by atoms with Gasteiger partial charge in [0.1, 0.15) is 85.5 Å². The van der Waals surface area contributed by atoms with E-state index in [2.05, 4.69) is 40.7 Å². The van der Waals surface area contributed by atoms with Gasteiger partial charge in [-0.2, -0.15) is 0 Å². The van der Waals surface area contributed by atoms with Crippen molar-refractivity contribution in [3.8, 4) is 0 Å². The summed E-state index contributed by atoms with van der Waals surface area (Å²) in [5.74, 6) is -3.09. The Morgan fingerprint density at radius 2 is 1.30 bits per heavy atom. The van der Waals surface area contributed by atoms with Gasteiger partial charge in [-0.15, -0.1) is 0 Å². The Morgan fingerprint density at radius 1 is 0.658 bits per heavy atom. The van der Waals surface area contributed by atoms with Crippen LogP contribution in [0.15, 0.2) is 11.6 Å². The van der Waals surface area contributed by atoms with E-state index in [9.17, 15) is 76.0 Å². The first-order valence-electron chi connectivity index (χ1n) is 27.3. The van der Waals surface area contributed by atoms with Crippen LogP contribution in [-0.4, -0.2) is 221 Å². The minimum Gasteiger partial charge on any atom is -0.481 e. The van der Waals surface area contributed by atoms with E-state index in [1.165, 1.54) is 6.92 Å². The van der Waals surface area contributed by atoms with E-state index in [1.54, 1.807) is 6.92 Å². The molecule has 4 saturated carbocycles. The van der Waals surface area contributed by atoms with Gasteiger partial charge in [-0.1, -0.05) is 46.3 Å². The van der Waals surface area contributed by atoms with Crippen LogP contribution in [0.5, 0.6) is 0 Å². The predicted octanol–water partition coefficient (Wildman–Crippen LogP) is -1.45. The molecule has 9 aliphatic rings. The maximum Gasteiger partial charge on any atom is 0.311 e. The molecule has 0 radical (unpaired) electrons. The lowest BCUT2D eigenvalue weighted by Gasteiger charge is -2.71. The number of aliphatic hydroxyl groups is 12. The molecule has 5 aliphatic carbocycles. The number of carbonyl (C=O) groups excluding carboxylic acids is 1. The summed E-state index contributed by atoms with van der Waals surface area (Å²) in [4.78, 5) is 27.9. The van der Waals surface area contributed by atoms with Gasteiger partial charge in [0.25, 0.3) is 0 Å². The summed E-state index contributed by atoms with van der Waals surface area (Å²) in [7, 11) is 0. The lowest BCUT2D eigenvalue weighted by Crippen LogP contribution is -2.65. The number of carboxylic acids is 1. The molecule has 0 aromatic carbocycles. The highest BCUT2D eigenvalue weighted by Crippen LogP contribution is 2.75. The summed E-state index contributed by atoms with van der Waals surface area (Å²) in [6.07, 6.45) is -22.7. The van der Waals surface area contributed by atoms with E-state index < -0.39 is 153 Å². The average Bonchev–Trinajstić information content (AvgIpc) is 3.53. The second-order valence-corrected chi connectivity index (χ2v) is 25.5. The molecule has 9 rings (SSSR count). The number of carbonyl (C=O) groups is 2. The summed E-state index contributed by atoms with van der Waals surface area (Å²) < 4.78 is 46.4. The molecule has 13 N–H and O–H groups in total. The zero-order valence-electron chi connectivity index (χ0n) is 44.4. The normalized spacial score (nSPS) is 54.2. The van der Waals surface area contributed by atoms with Gasteiger partial charge in [-0.25, -0.2) is 0 Å². The van der Waals surface area contributed by atoms with E-state index >= 15 is 0 Å². The van der Waals surface area contributed by atoms with E-state index in [4.69, 9.17) is 37.9 Å². The number of fused-ring (bicyclic) bond motifs is 7. The van der Waals surface area contributed by atoms with Crippen molar-refractivity contribution < 1.29 is 114 Å². The third-order valence-corrected chi connectivity index (χ3v) is 21.0. The van der Waals surface area contributed by atoms with Gasteiger partial charge >= 0.3 is 11.9 Å². The number of rotatable bonds is 11. The van der Waals surface area contributed by atoms with Gasteiger partial charge in [-0.3, -0.25) is 9.59 Å². The molecule has 0 bridgehead atoms. The number of aliphatic hydroxyl groups excluding tert-OH is 12. The number of hydrogen-bond donors (Lipinski definition) is 13. The van der Waals surface area contributed by atoms with E-state index in [0.717, 1.165) is 31.3 Å². The van der Waals surface area contributed by atoms with Gasteiger partial charge < -0.3 is 104 Å². The summed E-state index contributed by atoms with van der Waals surface area (Å²) in [6.45, 7) is 12.9. The first kappa shape index (κ1) is 58.6. The Balaban J connectivity index is 0.881. The third kappa shape index (κ3) is 9.62. The Bertz CT molecular complexity index is 2130. The van der Waals surface area contributed by atoms with Crippen molar-refractivity contribution in [3.05, 3.63) is 11.6 Å². The Hall–Kier alpha value is -2.08. The van der Waals surface area contributed by atoms with Crippen molar-refractivity contribution in [2.45, 2.75) is 229 Å². The van der Waals surface area contributed by atoms with Crippen LogP contribution in [-0.2, 0) is 47.5 Å². The zero-order valence-corrected chi connectivity index (χ0v) is 44.4. The van der Waals surface area contributed by atoms with Crippen molar-refractivity contribution in [1.82, 2.24) is 0 Å². The summed E-state index contributed by atoms with van der Waals surface area (Å²) in [6, 6.07) is 0. The number of carboxylic acid groups (broad SMARTS) is 1. The van der Waals surface area contributed by atoms with Gasteiger partial charge in [0, 0.05) is 0 Å². The van der Waals surface area contributed by atoms with Crippen LogP contribution in [0.4, 0.5) is 0 Å². The molecule has 4 saturated heterocycles. The Morgan fingerprint density at radius 3 is 1.99 bits per heavy atom. The lowest BCUT2D eigenvalue weighted by atomic mass is 9.34. The summed E-state index contributed by atoms with van der Waals surface area (Å²) in [5, 5.41) is 138. The molecule has 0 aromatic heterocycles. The summed E-state index contributed by atoms with van der Waals surface area (Å²) in [5.41, 5.74) is -1.28. The molecule has 23 nitrogen and oxygen atoms in total. The fourth-order valence-corrected chi connectivity index (χ4v) is 16.3. The van der Waals surface area contributed by atoms with Crippen LogP contribution >= 0.6 is 0 Å². The standard InChI is InChI=1S/C53H84O23/c1-21-32(56)35(59)39(63)46(71-21)75-42-27(18-54)72-44(41(65)37(42)61)70-20-28-34(58)36(60)40(64)47(73-28)76-43(66)24-17-50(4,48(67)68)16-23-22(24)10-14-52(6)25(23)8-9-30-51(5)13-12-31(49(2,3)29(51)11-15-53(30,52)7)74-45-38(62)33(57)26(55)19-69-45/h8,21-24,26-42,44-47,54-65H,9-20H2,1-7H3,(H,67,68)/t21-,22?,23?,24?,26+,27+,28+,29?,30?,31?,32-,33-,34+,35+,36-,37+,38+,39+,40+,41+,42+,44+,45-,46-,47-,50?,51?,52?,53?/m0/s1. The van der Waals surface area contributed by atoms with Gasteiger partial charge in [-0.05, 0) is 117 Å². The average molecular weight is 1090 g/mol. The maximum absolute atomic E-state index is 14.6. The van der Waals surface area contributed by atoms with Gasteiger partial charge in [0.2, 0.25) is 6.29 Å².